The highest BCUT2D eigenvalue weighted by Crippen LogP contribution is 2.39. The summed E-state index contributed by atoms with van der Waals surface area (Å²) in [5, 5.41) is 9.42. The second-order valence-electron chi connectivity index (χ2n) is 6.34. The number of carboxylic acid groups (broad SMARTS) is 1. The summed E-state index contributed by atoms with van der Waals surface area (Å²) in [5.74, 6) is -1.10. The fourth-order valence-electron chi connectivity index (χ4n) is 3.50. The average Bonchev–Trinajstić information content (AvgIpc) is 2.94. The van der Waals surface area contributed by atoms with Gasteiger partial charge < -0.3 is 14.6 Å². The van der Waals surface area contributed by atoms with Gasteiger partial charge in [0.15, 0.2) is 12.1 Å². The number of hydrogen-bond donors (Lipinski definition) is 1. The maximum Gasteiger partial charge on any atom is 0.335 e. The van der Waals surface area contributed by atoms with Gasteiger partial charge in [-0.1, -0.05) is 24.3 Å². The van der Waals surface area contributed by atoms with Crippen LogP contribution in [0.25, 0.3) is 11.1 Å². The molecule has 2 aromatic rings. The predicted molar refractivity (Wildman–Crippen MR) is 90.6 cm³/mol. The predicted octanol–water partition coefficient (Wildman–Crippen LogP) is 3.64. The first-order valence-corrected chi connectivity index (χ1v) is 8.42. The van der Waals surface area contributed by atoms with Crippen molar-refractivity contribution in [3.05, 3.63) is 58.7 Å². The minimum Gasteiger partial charge on any atom is -0.478 e. The zero-order valence-electron chi connectivity index (χ0n) is 13.7. The summed E-state index contributed by atoms with van der Waals surface area (Å²) in [6, 6.07) is 10.4. The van der Waals surface area contributed by atoms with Crippen molar-refractivity contribution >= 4 is 11.8 Å². The van der Waals surface area contributed by atoms with Crippen molar-refractivity contribution in [3.8, 4) is 11.1 Å². The zero-order valence-corrected chi connectivity index (χ0v) is 13.7. The largest absolute Gasteiger partial charge is 0.478 e. The van der Waals surface area contributed by atoms with E-state index in [0.717, 1.165) is 24.8 Å². The second-order valence-corrected chi connectivity index (χ2v) is 6.34. The first-order chi connectivity index (χ1) is 12.1. The van der Waals surface area contributed by atoms with Gasteiger partial charge in [-0.25, -0.2) is 4.79 Å². The van der Waals surface area contributed by atoms with Gasteiger partial charge in [0, 0.05) is 17.7 Å². The van der Waals surface area contributed by atoms with Gasteiger partial charge in [0.2, 0.25) is 0 Å². The summed E-state index contributed by atoms with van der Waals surface area (Å²) in [4.78, 5) is 24.3. The summed E-state index contributed by atoms with van der Waals surface area (Å²) in [6.45, 7) is 0.830. The van der Waals surface area contributed by atoms with Crippen LogP contribution in [0.3, 0.4) is 0 Å². The van der Waals surface area contributed by atoms with Crippen LogP contribution in [-0.2, 0) is 16.1 Å². The number of carbonyl (C=O) groups excluding carboxylic acids is 1. The van der Waals surface area contributed by atoms with Gasteiger partial charge in [0.05, 0.1) is 12.2 Å². The zero-order chi connectivity index (χ0) is 17.4. The third-order valence-electron chi connectivity index (χ3n) is 4.72. The molecule has 0 amide bonds. The van der Waals surface area contributed by atoms with Gasteiger partial charge in [-0.05, 0) is 48.1 Å². The molecule has 1 N–H and O–H groups in total. The summed E-state index contributed by atoms with van der Waals surface area (Å²) < 4.78 is 11.4. The smallest absolute Gasteiger partial charge is 0.335 e. The molecule has 5 nitrogen and oxygen atoms in total. The third-order valence-corrected chi connectivity index (χ3v) is 4.72. The van der Waals surface area contributed by atoms with Crippen LogP contribution in [0.2, 0.25) is 0 Å². The molecule has 2 aromatic carbocycles. The molecule has 0 spiro atoms. The van der Waals surface area contributed by atoms with Crippen molar-refractivity contribution in [1.82, 2.24) is 0 Å². The Hall–Kier alpha value is -2.50. The van der Waals surface area contributed by atoms with Crippen molar-refractivity contribution in [2.24, 2.45) is 0 Å². The average molecular weight is 338 g/mol. The van der Waals surface area contributed by atoms with E-state index in [1.54, 1.807) is 12.1 Å². The molecule has 0 aromatic heterocycles. The van der Waals surface area contributed by atoms with E-state index in [1.807, 2.05) is 18.2 Å². The molecule has 0 radical (unpaired) electrons. The Morgan fingerprint density at radius 1 is 1.16 bits per heavy atom. The van der Waals surface area contributed by atoms with Crippen molar-refractivity contribution in [2.45, 2.75) is 32.2 Å². The lowest BCUT2D eigenvalue weighted by Gasteiger charge is -2.23. The number of hydrogen-bond acceptors (Lipinski definition) is 4. The molecule has 2 aliphatic rings. The Balaban J connectivity index is 1.73. The molecular formula is C20H18O5. The van der Waals surface area contributed by atoms with E-state index in [-0.39, 0.29) is 24.2 Å². The monoisotopic (exact) mass is 338 g/mol. The molecule has 1 fully saturated rings. The molecule has 25 heavy (non-hydrogen) atoms. The molecule has 1 saturated heterocycles. The van der Waals surface area contributed by atoms with Crippen molar-refractivity contribution in [2.75, 3.05) is 6.61 Å². The number of ketones is 1. The summed E-state index contributed by atoms with van der Waals surface area (Å²) in [5.41, 5.74) is 3.36. The molecule has 0 bridgehead atoms. The van der Waals surface area contributed by atoms with Gasteiger partial charge in [-0.2, -0.15) is 0 Å². The minimum atomic E-state index is -1.02. The van der Waals surface area contributed by atoms with Crippen LogP contribution in [0.15, 0.2) is 36.4 Å². The Bertz CT molecular complexity index is 849. The minimum absolute atomic E-state index is 0.0781. The molecule has 1 atom stereocenters. The topological polar surface area (TPSA) is 72.8 Å². The van der Waals surface area contributed by atoms with Crippen LogP contribution in [0.4, 0.5) is 0 Å². The molecule has 1 unspecified atom stereocenters. The molecule has 128 valence electrons. The van der Waals surface area contributed by atoms with Crippen LogP contribution in [0.5, 0.6) is 0 Å². The molecule has 1 aliphatic heterocycles. The Morgan fingerprint density at radius 2 is 1.96 bits per heavy atom. The Morgan fingerprint density at radius 3 is 2.68 bits per heavy atom. The van der Waals surface area contributed by atoms with E-state index in [2.05, 4.69) is 0 Å². The van der Waals surface area contributed by atoms with Crippen LogP contribution >= 0.6 is 0 Å². The quantitative estimate of drug-likeness (QED) is 0.786. The lowest BCUT2D eigenvalue weighted by atomic mass is 9.97. The van der Waals surface area contributed by atoms with E-state index in [0.29, 0.717) is 28.9 Å². The maximum atomic E-state index is 12.8. The Kier molecular flexibility index (Phi) is 4.11. The molecule has 5 heteroatoms. The van der Waals surface area contributed by atoms with Gasteiger partial charge in [0.1, 0.15) is 0 Å². The standard InChI is InChI=1S/C20H18O5/c21-19-15-6-2-1-5-14(15)16-10-12(20(22)23)9-13(18(16)19)11-25-17-7-3-4-8-24-17/h1-2,5-6,9-10,17H,3-4,7-8,11H2,(H,22,23). The number of rotatable bonds is 4. The number of fused-ring (bicyclic) bond motifs is 3. The highest BCUT2D eigenvalue weighted by Gasteiger charge is 2.30. The molecule has 0 saturated carbocycles. The number of benzene rings is 2. The van der Waals surface area contributed by atoms with Crippen LogP contribution < -0.4 is 0 Å². The highest BCUT2D eigenvalue weighted by atomic mass is 16.7. The van der Waals surface area contributed by atoms with Gasteiger partial charge >= 0.3 is 5.97 Å². The van der Waals surface area contributed by atoms with E-state index >= 15 is 0 Å². The van der Waals surface area contributed by atoms with E-state index in [4.69, 9.17) is 9.47 Å². The number of aromatic carboxylic acids is 1. The molecule has 1 aliphatic carbocycles. The summed E-state index contributed by atoms with van der Waals surface area (Å²) in [6.07, 6.45) is 2.59. The molecular weight excluding hydrogens is 320 g/mol. The van der Waals surface area contributed by atoms with Crippen molar-refractivity contribution in [3.63, 3.8) is 0 Å². The number of carbonyl (C=O) groups is 2. The van der Waals surface area contributed by atoms with Crippen molar-refractivity contribution in [1.29, 1.82) is 0 Å². The normalized spacial score (nSPS) is 18.7. The molecule has 4 rings (SSSR count). The molecule has 1 heterocycles. The second kappa shape index (κ2) is 6.43. The van der Waals surface area contributed by atoms with Crippen molar-refractivity contribution < 1.29 is 24.2 Å². The van der Waals surface area contributed by atoms with Gasteiger partial charge in [-0.3, -0.25) is 4.79 Å². The van der Waals surface area contributed by atoms with E-state index in [9.17, 15) is 14.7 Å². The number of carboxylic acids is 1. The van der Waals surface area contributed by atoms with Gasteiger partial charge in [0.25, 0.3) is 0 Å². The first kappa shape index (κ1) is 16.0. The first-order valence-electron chi connectivity index (χ1n) is 8.42. The van der Waals surface area contributed by atoms with Crippen LogP contribution in [-0.4, -0.2) is 29.8 Å². The highest BCUT2D eigenvalue weighted by molar-refractivity contribution is 6.23. The van der Waals surface area contributed by atoms with E-state index in [1.165, 1.54) is 6.07 Å². The van der Waals surface area contributed by atoms with Gasteiger partial charge in [-0.15, -0.1) is 0 Å². The third kappa shape index (κ3) is 2.86. The summed E-state index contributed by atoms with van der Waals surface area (Å²) >= 11 is 0. The maximum absolute atomic E-state index is 12.8. The van der Waals surface area contributed by atoms with E-state index < -0.39 is 5.97 Å². The Labute approximate surface area is 145 Å². The van der Waals surface area contributed by atoms with Crippen LogP contribution in [0, 0.1) is 0 Å². The summed E-state index contributed by atoms with van der Waals surface area (Å²) in [7, 11) is 0. The fourth-order valence-corrected chi connectivity index (χ4v) is 3.50. The fraction of sp³-hybridized carbons (Fsp3) is 0.300. The van der Waals surface area contributed by atoms with Crippen LogP contribution in [0.1, 0.15) is 51.1 Å². The SMILES string of the molecule is O=C(O)c1cc(COC2CCCCO2)c2c(c1)-c1ccccc1C2=O. The number of ether oxygens (including phenoxy) is 2. The lowest BCUT2D eigenvalue weighted by molar-refractivity contribution is -0.168. The lowest BCUT2D eigenvalue weighted by Crippen LogP contribution is -2.22.